The number of methoxy groups -OCH3 is 1. The summed E-state index contributed by atoms with van der Waals surface area (Å²) in [6.07, 6.45) is 0.894. The zero-order chi connectivity index (χ0) is 16.6. The molecule has 5 nitrogen and oxygen atoms in total. The standard InChI is InChI=1S/C17H24N2O3S/c1-12-4-5-15(23-12)16(21)18-7-6-17(11-22-3)10-19(13(2)20)9-14(17)8-18/h4-5,14H,6-11H2,1-3H3. The summed E-state index contributed by atoms with van der Waals surface area (Å²) in [7, 11) is 1.72. The maximum absolute atomic E-state index is 12.7. The van der Waals surface area contributed by atoms with Crippen LogP contribution in [0.15, 0.2) is 12.1 Å². The molecule has 3 heterocycles. The minimum atomic E-state index is 0.00255. The number of amides is 2. The number of carbonyl (C=O) groups is 2. The van der Waals surface area contributed by atoms with E-state index in [9.17, 15) is 9.59 Å². The lowest BCUT2D eigenvalue weighted by Gasteiger charge is -2.42. The van der Waals surface area contributed by atoms with Crippen LogP contribution in [0.4, 0.5) is 0 Å². The fourth-order valence-corrected chi connectivity index (χ4v) is 4.77. The zero-order valence-electron chi connectivity index (χ0n) is 14.0. The van der Waals surface area contributed by atoms with Gasteiger partial charge in [0.05, 0.1) is 11.5 Å². The second-order valence-electron chi connectivity index (χ2n) is 6.80. The van der Waals surface area contributed by atoms with Gasteiger partial charge in [0, 0.05) is 56.4 Å². The number of ether oxygens (including phenoxy) is 1. The number of aryl methyl sites for hydroxylation is 1. The number of thiophene rings is 1. The molecule has 2 atom stereocenters. The van der Waals surface area contributed by atoms with E-state index in [1.54, 1.807) is 25.4 Å². The van der Waals surface area contributed by atoms with Crippen molar-refractivity contribution in [2.24, 2.45) is 11.3 Å². The van der Waals surface area contributed by atoms with Crippen LogP contribution in [0.25, 0.3) is 0 Å². The maximum atomic E-state index is 12.7. The van der Waals surface area contributed by atoms with Gasteiger partial charge >= 0.3 is 0 Å². The van der Waals surface area contributed by atoms with Crippen molar-refractivity contribution in [3.8, 4) is 0 Å². The Morgan fingerprint density at radius 2 is 2.09 bits per heavy atom. The Labute approximate surface area is 141 Å². The molecule has 2 amide bonds. The first-order valence-electron chi connectivity index (χ1n) is 8.05. The quantitative estimate of drug-likeness (QED) is 0.848. The van der Waals surface area contributed by atoms with Gasteiger partial charge in [-0.2, -0.15) is 0 Å². The van der Waals surface area contributed by atoms with Gasteiger partial charge in [0.2, 0.25) is 5.91 Å². The van der Waals surface area contributed by atoms with Crippen molar-refractivity contribution in [3.05, 3.63) is 21.9 Å². The number of hydrogen-bond acceptors (Lipinski definition) is 4. The van der Waals surface area contributed by atoms with E-state index in [4.69, 9.17) is 4.74 Å². The summed E-state index contributed by atoms with van der Waals surface area (Å²) in [6, 6.07) is 3.90. The third-order valence-corrected chi connectivity index (χ3v) is 6.24. The molecule has 1 aromatic heterocycles. The molecule has 0 aromatic carbocycles. The Hall–Kier alpha value is -1.40. The number of piperidine rings is 1. The third-order valence-electron chi connectivity index (χ3n) is 5.25. The number of hydrogen-bond donors (Lipinski definition) is 0. The van der Waals surface area contributed by atoms with Crippen molar-refractivity contribution in [1.82, 2.24) is 9.80 Å². The highest BCUT2D eigenvalue weighted by atomic mass is 32.1. The molecular weight excluding hydrogens is 312 g/mol. The SMILES string of the molecule is COCC12CCN(C(=O)c3ccc(C)s3)CC1CN(C(C)=O)C2. The van der Waals surface area contributed by atoms with Gasteiger partial charge in [0.15, 0.2) is 0 Å². The predicted molar refractivity (Wildman–Crippen MR) is 89.6 cm³/mol. The van der Waals surface area contributed by atoms with Crippen molar-refractivity contribution in [2.75, 3.05) is 39.9 Å². The smallest absolute Gasteiger partial charge is 0.263 e. The van der Waals surface area contributed by atoms with Crippen LogP contribution in [-0.4, -0.2) is 61.5 Å². The first-order valence-corrected chi connectivity index (χ1v) is 8.87. The number of likely N-dealkylation sites (tertiary alicyclic amines) is 2. The molecule has 0 radical (unpaired) electrons. The first-order chi connectivity index (χ1) is 10.9. The van der Waals surface area contributed by atoms with Crippen molar-refractivity contribution in [2.45, 2.75) is 20.3 Å². The van der Waals surface area contributed by atoms with E-state index in [0.717, 1.165) is 35.8 Å². The second kappa shape index (κ2) is 6.24. The molecule has 6 heteroatoms. The second-order valence-corrected chi connectivity index (χ2v) is 8.09. The summed E-state index contributed by atoms with van der Waals surface area (Å²) in [5, 5.41) is 0. The molecule has 1 aromatic rings. The van der Waals surface area contributed by atoms with Crippen LogP contribution in [-0.2, 0) is 9.53 Å². The lowest BCUT2D eigenvalue weighted by atomic mass is 9.73. The molecule has 0 saturated carbocycles. The molecule has 2 unspecified atom stereocenters. The first kappa shape index (κ1) is 16.5. The summed E-state index contributed by atoms with van der Waals surface area (Å²) >= 11 is 1.55. The highest BCUT2D eigenvalue weighted by molar-refractivity contribution is 7.13. The number of rotatable bonds is 3. The summed E-state index contributed by atoms with van der Waals surface area (Å²) in [4.78, 5) is 30.3. The Morgan fingerprint density at radius 3 is 2.70 bits per heavy atom. The summed E-state index contributed by atoms with van der Waals surface area (Å²) in [6.45, 7) is 7.22. The third kappa shape index (κ3) is 3.02. The fraction of sp³-hybridized carbons (Fsp3) is 0.647. The van der Waals surface area contributed by atoms with Gasteiger partial charge in [0.1, 0.15) is 0 Å². The van der Waals surface area contributed by atoms with Crippen molar-refractivity contribution in [1.29, 1.82) is 0 Å². The Morgan fingerprint density at radius 1 is 1.35 bits per heavy atom. The number of carbonyl (C=O) groups excluding carboxylic acids is 2. The summed E-state index contributed by atoms with van der Waals surface area (Å²) in [5.41, 5.74) is 0.00255. The van der Waals surface area contributed by atoms with Crippen LogP contribution in [0.2, 0.25) is 0 Å². The maximum Gasteiger partial charge on any atom is 0.263 e. The molecule has 2 saturated heterocycles. The number of nitrogens with zero attached hydrogens (tertiary/aromatic N) is 2. The van der Waals surface area contributed by atoms with Crippen LogP contribution in [0.1, 0.15) is 27.9 Å². The molecular formula is C17H24N2O3S. The lowest BCUT2D eigenvalue weighted by molar-refractivity contribution is -0.128. The highest BCUT2D eigenvalue weighted by Gasteiger charge is 2.50. The zero-order valence-corrected chi connectivity index (χ0v) is 14.8. The van der Waals surface area contributed by atoms with Crippen LogP contribution >= 0.6 is 11.3 Å². The van der Waals surface area contributed by atoms with Crippen LogP contribution in [0, 0.1) is 18.3 Å². The van der Waals surface area contributed by atoms with Crippen LogP contribution in [0.5, 0.6) is 0 Å². The molecule has 2 aliphatic heterocycles. The molecule has 2 fully saturated rings. The van der Waals surface area contributed by atoms with E-state index in [0.29, 0.717) is 19.1 Å². The molecule has 3 rings (SSSR count). The minimum absolute atomic E-state index is 0.00255. The van der Waals surface area contributed by atoms with Gasteiger partial charge in [-0.3, -0.25) is 9.59 Å². The van der Waals surface area contributed by atoms with Crippen molar-refractivity contribution < 1.29 is 14.3 Å². The van der Waals surface area contributed by atoms with Gasteiger partial charge in [0.25, 0.3) is 5.91 Å². The van der Waals surface area contributed by atoms with Gasteiger partial charge in [-0.05, 0) is 25.5 Å². The molecule has 0 N–H and O–H groups in total. The highest BCUT2D eigenvalue weighted by Crippen LogP contribution is 2.43. The van der Waals surface area contributed by atoms with Gasteiger partial charge in [-0.25, -0.2) is 0 Å². The number of fused-ring (bicyclic) bond motifs is 1. The molecule has 2 aliphatic rings. The fourth-order valence-electron chi connectivity index (χ4n) is 3.94. The largest absolute Gasteiger partial charge is 0.384 e. The topological polar surface area (TPSA) is 49.9 Å². The molecule has 0 aliphatic carbocycles. The molecule has 23 heavy (non-hydrogen) atoms. The van der Waals surface area contributed by atoms with Crippen molar-refractivity contribution >= 4 is 23.2 Å². The van der Waals surface area contributed by atoms with Crippen LogP contribution < -0.4 is 0 Å². The van der Waals surface area contributed by atoms with E-state index < -0.39 is 0 Å². The summed E-state index contributed by atoms with van der Waals surface area (Å²) < 4.78 is 5.46. The normalized spacial score (nSPS) is 27.2. The van der Waals surface area contributed by atoms with Crippen LogP contribution in [0.3, 0.4) is 0 Å². The Bertz CT molecular complexity index is 615. The predicted octanol–water partition coefficient (Wildman–Crippen LogP) is 2.01. The van der Waals surface area contributed by atoms with Crippen molar-refractivity contribution in [3.63, 3.8) is 0 Å². The van der Waals surface area contributed by atoms with E-state index in [2.05, 4.69) is 0 Å². The molecule has 0 spiro atoms. The minimum Gasteiger partial charge on any atom is -0.384 e. The Balaban J connectivity index is 1.76. The molecule has 0 bridgehead atoms. The van der Waals surface area contributed by atoms with E-state index >= 15 is 0 Å². The Kier molecular flexibility index (Phi) is 4.47. The summed E-state index contributed by atoms with van der Waals surface area (Å²) in [5.74, 6) is 0.530. The average molecular weight is 336 g/mol. The van der Waals surface area contributed by atoms with E-state index in [1.165, 1.54) is 0 Å². The van der Waals surface area contributed by atoms with E-state index in [1.807, 2.05) is 28.9 Å². The molecule has 126 valence electrons. The monoisotopic (exact) mass is 336 g/mol. The van der Waals surface area contributed by atoms with Gasteiger partial charge in [-0.15, -0.1) is 11.3 Å². The lowest BCUT2D eigenvalue weighted by Crippen LogP contribution is -2.50. The average Bonchev–Trinajstić information content (AvgIpc) is 3.10. The van der Waals surface area contributed by atoms with E-state index in [-0.39, 0.29) is 17.2 Å². The van der Waals surface area contributed by atoms with Gasteiger partial charge in [-0.1, -0.05) is 0 Å². The van der Waals surface area contributed by atoms with Gasteiger partial charge < -0.3 is 14.5 Å².